The summed E-state index contributed by atoms with van der Waals surface area (Å²) in [5, 5.41) is 8.70. The third-order valence-electron chi connectivity index (χ3n) is 3.67. The Hall–Kier alpha value is -3.61. The molecule has 0 radical (unpaired) electrons. The van der Waals surface area contributed by atoms with E-state index in [2.05, 4.69) is 15.2 Å². The van der Waals surface area contributed by atoms with Crippen LogP contribution >= 0.6 is 0 Å². The van der Waals surface area contributed by atoms with Gasteiger partial charge < -0.3 is 0 Å². The largest absolute Gasteiger partial charge is 0.285 e. The molecule has 0 aliphatic heterocycles. The van der Waals surface area contributed by atoms with Gasteiger partial charge in [-0.25, -0.2) is 14.1 Å². The molecule has 0 atom stereocenters. The van der Waals surface area contributed by atoms with Crippen LogP contribution in [0.25, 0.3) is 16.7 Å². The predicted molar refractivity (Wildman–Crippen MR) is 92.5 cm³/mol. The molecule has 6 nitrogen and oxygen atoms in total. The van der Waals surface area contributed by atoms with Crippen LogP contribution in [0, 0.1) is 5.82 Å². The van der Waals surface area contributed by atoms with Gasteiger partial charge in [-0.3, -0.25) is 4.79 Å². The second-order valence-corrected chi connectivity index (χ2v) is 5.32. The first-order chi connectivity index (χ1) is 12.2. The lowest BCUT2D eigenvalue weighted by Gasteiger charge is -2.02. The maximum atomic E-state index is 12.9. The second-order valence-electron chi connectivity index (χ2n) is 5.32. The summed E-state index contributed by atoms with van der Waals surface area (Å²) < 4.78 is 15.6. The Balaban J connectivity index is 1.74. The number of para-hydroxylation sites is 1. The van der Waals surface area contributed by atoms with Crippen molar-refractivity contribution in [2.75, 3.05) is 0 Å². The molecule has 2 aromatic heterocycles. The second kappa shape index (κ2) is 6.12. The number of aromatic nitrogens is 4. The minimum Gasteiger partial charge on any atom is -0.266 e. The van der Waals surface area contributed by atoms with E-state index in [0.717, 1.165) is 10.4 Å². The topological polar surface area (TPSA) is 65.1 Å². The van der Waals surface area contributed by atoms with Gasteiger partial charge >= 0.3 is 0 Å². The highest BCUT2D eigenvalue weighted by atomic mass is 19.1. The lowest BCUT2D eigenvalue weighted by molar-refractivity contribution is 0.628. The summed E-state index contributed by atoms with van der Waals surface area (Å²) >= 11 is 0. The predicted octanol–water partition coefficient (Wildman–Crippen LogP) is 2.60. The van der Waals surface area contributed by atoms with Crippen LogP contribution < -0.4 is 5.56 Å². The maximum Gasteiger partial charge on any atom is 0.285 e. The molecule has 0 amide bonds. The van der Waals surface area contributed by atoms with E-state index in [1.165, 1.54) is 30.9 Å². The lowest BCUT2D eigenvalue weighted by atomic mass is 10.2. The zero-order chi connectivity index (χ0) is 17.2. The molecule has 0 N–H and O–H groups in total. The van der Waals surface area contributed by atoms with Crippen molar-refractivity contribution in [2.45, 2.75) is 0 Å². The quantitative estimate of drug-likeness (QED) is 0.541. The highest BCUT2D eigenvalue weighted by Gasteiger charge is 2.10. The fraction of sp³-hybridized carbons (Fsp3) is 0. The molecule has 0 saturated carbocycles. The third-order valence-corrected chi connectivity index (χ3v) is 3.67. The molecule has 25 heavy (non-hydrogen) atoms. The van der Waals surface area contributed by atoms with Crippen LogP contribution in [0.2, 0.25) is 0 Å². The number of fused-ring (bicyclic) bond motifs is 1. The minimum atomic E-state index is -0.328. The average Bonchev–Trinajstić information content (AvgIpc) is 3.08. The number of nitrogens with zero attached hydrogens (tertiary/aromatic N) is 5. The van der Waals surface area contributed by atoms with E-state index in [0.29, 0.717) is 16.6 Å². The Morgan fingerprint density at radius 2 is 1.80 bits per heavy atom. The number of halogens is 1. The van der Waals surface area contributed by atoms with Crippen LogP contribution in [0.5, 0.6) is 0 Å². The Morgan fingerprint density at radius 3 is 2.56 bits per heavy atom. The van der Waals surface area contributed by atoms with E-state index < -0.39 is 0 Å². The number of hydrogen-bond acceptors (Lipinski definition) is 4. The van der Waals surface area contributed by atoms with Crippen LogP contribution in [0.3, 0.4) is 0 Å². The summed E-state index contributed by atoms with van der Waals surface area (Å²) in [5.74, 6) is -0.328. The molecule has 0 spiro atoms. The van der Waals surface area contributed by atoms with Crippen molar-refractivity contribution in [1.82, 2.24) is 19.4 Å². The van der Waals surface area contributed by atoms with Gasteiger partial charge in [0.05, 0.1) is 18.1 Å². The van der Waals surface area contributed by atoms with Gasteiger partial charge in [0, 0.05) is 0 Å². The molecular formula is C18H12FN5O. The van der Waals surface area contributed by atoms with Gasteiger partial charge in [-0.2, -0.15) is 14.9 Å². The summed E-state index contributed by atoms with van der Waals surface area (Å²) in [4.78, 5) is 16.8. The van der Waals surface area contributed by atoms with E-state index in [1.54, 1.807) is 16.8 Å². The van der Waals surface area contributed by atoms with E-state index in [9.17, 15) is 9.18 Å². The monoisotopic (exact) mass is 333 g/mol. The number of benzene rings is 2. The fourth-order valence-corrected chi connectivity index (χ4v) is 2.42. The van der Waals surface area contributed by atoms with E-state index in [-0.39, 0.29) is 11.4 Å². The van der Waals surface area contributed by atoms with Gasteiger partial charge in [0.2, 0.25) is 0 Å². The molecule has 0 aliphatic carbocycles. The Kier molecular flexibility index (Phi) is 3.66. The molecular weight excluding hydrogens is 321 g/mol. The van der Waals surface area contributed by atoms with Crippen molar-refractivity contribution in [3.8, 4) is 5.69 Å². The van der Waals surface area contributed by atoms with Gasteiger partial charge in [-0.1, -0.05) is 30.3 Å². The van der Waals surface area contributed by atoms with Crippen molar-refractivity contribution in [1.29, 1.82) is 0 Å². The summed E-state index contributed by atoms with van der Waals surface area (Å²) in [6, 6.07) is 15.2. The van der Waals surface area contributed by atoms with E-state index in [1.807, 2.05) is 30.3 Å². The van der Waals surface area contributed by atoms with Gasteiger partial charge in [-0.05, 0) is 29.8 Å². The van der Waals surface area contributed by atoms with Crippen molar-refractivity contribution >= 4 is 17.2 Å². The van der Waals surface area contributed by atoms with Gasteiger partial charge in [0.1, 0.15) is 17.5 Å². The Labute approximate surface area is 141 Å². The highest BCUT2D eigenvalue weighted by molar-refractivity contribution is 5.79. The number of hydrogen-bond donors (Lipinski definition) is 0. The molecule has 2 aromatic carbocycles. The van der Waals surface area contributed by atoms with Crippen LogP contribution in [-0.4, -0.2) is 25.7 Å². The highest BCUT2D eigenvalue weighted by Crippen LogP contribution is 2.12. The van der Waals surface area contributed by atoms with Crippen molar-refractivity contribution in [3.63, 3.8) is 0 Å². The summed E-state index contributed by atoms with van der Waals surface area (Å²) in [6.45, 7) is 0. The van der Waals surface area contributed by atoms with E-state index in [4.69, 9.17) is 0 Å². The van der Waals surface area contributed by atoms with Gasteiger partial charge in [0.25, 0.3) is 5.56 Å². The third kappa shape index (κ3) is 2.83. The van der Waals surface area contributed by atoms with E-state index >= 15 is 0 Å². The molecule has 7 heteroatoms. The van der Waals surface area contributed by atoms with Gasteiger partial charge in [0.15, 0.2) is 5.65 Å². The maximum absolute atomic E-state index is 12.9. The summed E-state index contributed by atoms with van der Waals surface area (Å²) in [6.07, 6.45) is 4.28. The molecule has 2 heterocycles. The SMILES string of the molecule is O=c1c2cnn(-c3ccccc3)c2ncn1/N=C\c1ccc(F)cc1. The normalized spacial score (nSPS) is 11.4. The van der Waals surface area contributed by atoms with Crippen molar-refractivity contribution < 1.29 is 4.39 Å². The Morgan fingerprint density at radius 1 is 1.04 bits per heavy atom. The first-order valence-electron chi connectivity index (χ1n) is 7.53. The molecule has 0 saturated heterocycles. The smallest absolute Gasteiger partial charge is 0.266 e. The molecule has 0 bridgehead atoms. The molecule has 4 aromatic rings. The first-order valence-corrected chi connectivity index (χ1v) is 7.53. The molecule has 4 rings (SSSR count). The fourth-order valence-electron chi connectivity index (χ4n) is 2.42. The van der Waals surface area contributed by atoms with Crippen LogP contribution in [0.4, 0.5) is 4.39 Å². The summed E-state index contributed by atoms with van der Waals surface area (Å²) in [5.41, 5.74) is 1.63. The summed E-state index contributed by atoms with van der Waals surface area (Å²) in [7, 11) is 0. The van der Waals surface area contributed by atoms with Crippen molar-refractivity contribution in [3.05, 3.63) is 88.9 Å². The van der Waals surface area contributed by atoms with Crippen LogP contribution in [0.1, 0.15) is 5.56 Å². The minimum absolute atomic E-state index is 0.328. The van der Waals surface area contributed by atoms with Crippen LogP contribution in [0.15, 0.2) is 77.0 Å². The zero-order valence-electron chi connectivity index (χ0n) is 13.0. The van der Waals surface area contributed by atoms with Gasteiger partial charge in [-0.15, -0.1) is 0 Å². The molecule has 0 fully saturated rings. The van der Waals surface area contributed by atoms with Crippen LogP contribution in [-0.2, 0) is 0 Å². The molecule has 0 unspecified atom stereocenters. The first kappa shape index (κ1) is 14.9. The average molecular weight is 333 g/mol. The Bertz CT molecular complexity index is 1110. The van der Waals surface area contributed by atoms with Crippen molar-refractivity contribution in [2.24, 2.45) is 5.10 Å². The standard InChI is InChI=1S/C18H12FN5O/c19-14-8-6-13(7-9-14)10-21-23-12-20-17-16(18(23)25)11-22-24(17)15-4-2-1-3-5-15/h1-12H/b21-10-. The zero-order valence-corrected chi connectivity index (χ0v) is 13.0. The number of rotatable bonds is 3. The molecule has 0 aliphatic rings. The lowest BCUT2D eigenvalue weighted by Crippen LogP contribution is -2.17. The molecule has 122 valence electrons.